The van der Waals surface area contributed by atoms with Gasteiger partial charge in [0.25, 0.3) is 0 Å². The van der Waals surface area contributed by atoms with Crippen molar-refractivity contribution < 1.29 is 4.74 Å². The van der Waals surface area contributed by atoms with Crippen LogP contribution in [0.15, 0.2) is 4.79 Å². The predicted molar refractivity (Wildman–Crippen MR) is 72.5 cm³/mol. The molecule has 6 nitrogen and oxygen atoms in total. The van der Waals surface area contributed by atoms with Gasteiger partial charge in [-0.15, -0.1) is 0 Å². The average Bonchev–Trinajstić information content (AvgIpc) is 3.15. The summed E-state index contributed by atoms with van der Waals surface area (Å²) >= 11 is 0. The van der Waals surface area contributed by atoms with E-state index in [-0.39, 0.29) is 17.4 Å². The summed E-state index contributed by atoms with van der Waals surface area (Å²) in [7, 11) is 0. The highest BCUT2D eigenvalue weighted by molar-refractivity contribution is 4.91. The fourth-order valence-electron chi connectivity index (χ4n) is 3.73. The van der Waals surface area contributed by atoms with E-state index in [0.29, 0.717) is 12.6 Å². The highest BCUT2D eigenvalue weighted by Gasteiger charge is 2.41. The first-order valence-corrected chi connectivity index (χ1v) is 7.96. The van der Waals surface area contributed by atoms with E-state index in [1.54, 1.807) is 0 Å². The Kier molecular flexibility index (Phi) is 2.94. The summed E-state index contributed by atoms with van der Waals surface area (Å²) in [5.74, 6) is 0. The monoisotopic (exact) mass is 278 g/mol. The minimum absolute atomic E-state index is 0.0688. The topological polar surface area (TPSA) is 61.9 Å². The summed E-state index contributed by atoms with van der Waals surface area (Å²) in [5.41, 5.74) is 0.0413. The van der Waals surface area contributed by atoms with Gasteiger partial charge in [-0.3, -0.25) is 0 Å². The second-order valence-corrected chi connectivity index (χ2v) is 6.64. The van der Waals surface area contributed by atoms with Gasteiger partial charge in [-0.1, -0.05) is 19.3 Å². The van der Waals surface area contributed by atoms with Crippen LogP contribution in [0.4, 0.5) is 0 Å². The molecule has 0 radical (unpaired) electrons. The molecule has 0 unspecified atom stereocenters. The molecule has 0 amide bonds. The Morgan fingerprint density at radius 2 is 1.90 bits per heavy atom. The van der Waals surface area contributed by atoms with Crippen LogP contribution in [0.3, 0.4) is 0 Å². The fourth-order valence-corrected chi connectivity index (χ4v) is 3.73. The standard InChI is InChI=1S/C14H22N4O2/c19-13-17(15-16-18(13)11-4-5-11)10-12-6-9-14(20-12)7-2-1-3-8-14/h11-12H,1-10H2/t12-/m1/s1. The number of nitrogens with zero attached hydrogens (tertiary/aromatic N) is 4. The number of tetrazole rings is 1. The van der Waals surface area contributed by atoms with Crippen molar-refractivity contribution in [2.75, 3.05) is 0 Å². The minimum atomic E-state index is -0.0688. The molecule has 3 aliphatic rings. The number of ether oxygens (including phenoxy) is 1. The Morgan fingerprint density at radius 3 is 2.65 bits per heavy atom. The zero-order chi connectivity index (χ0) is 13.6. The van der Waals surface area contributed by atoms with Crippen LogP contribution in [-0.2, 0) is 11.3 Å². The zero-order valence-corrected chi connectivity index (χ0v) is 11.8. The molecule has 0 N–H and O–H groups in total. The third kappa shape index (κ3) is 2.20. The first-order valence-electron chi connectivity index (χ1n) is 7.96. The van der Waals surface area contributed by atoms with Gasteiger partial charge in [0.05, 0.1) is 24.3 Å². The molecule has 1 aromatic heterocycles. The third-order valence-electron chi connectivity index (χ3n) is 5.03. The molecular formula is C14H22N4O2. The number of rotatable bonds is 3. The maximum absolute atomic E-state index is 12.2. The van der Waals surface area contributed by atoms with Crippen molar-refractivity contribution in [3.05, 3.63) is 10.5 Å². The zero-order valence-electron chi connectivity index (χ0n) is 11.8. The first-order chi connectivity index (χ1) is 9.76. The van der Waals surface area contributed by atoms with Gasteiger partial charge in [0.2, 0.25) is 0 Å². The van der Waals surface area contributed by atoms with Gasteiger partial charge >= 0.3 is 5.69 Å². The number of hydrogen-bond acceptors (Lipinski definition) is 4. The van der Waals surface area contributed by atoms with Gasteiger partial charge in [0.1, 0.15) is 0 Å². The average molecular weight is 278 g/mol. The number of hydrogen-bond donors (Lipinski definition) is 0. The Bertz CT molecular complexity index is 540. The molecule has 6 heteroatoms. The summed E-state index contributed by atoms with van der Waals surface area (Å²) in [4.78, 5) is 12.2. The molecule has 110 valence electrons. The lowest BCUT2D eigenvalue weighted by Crippen LogP contribution is -2.34. The molecule has 2 heterocycles. The second kappa shape index (κ2) is 4.69. The van der Waals surface area contributed by atoms with Gasteiger partial charge in [-0.2, -0.15) is 9.36 Å². The Labute approximate surface area is 118 Å². The van der Waals surface area contributed by atoms with Crippen molar-refractivity contribution in [3.63, 3.8) is 0 Å². The van der Waals surface area contributed by atoms with E-state index < -0.39 is 0 Å². The highest BCUT2D eigenvalue weighted by atomic mass is 16.5. The van der Waals surface area contributed by atoms with Crippen molar-refractivity contribution in [1.82, 2.24) is 19.8 Å². The van der Waals surface area contributed by atoms with Crippen LogP contribution in [0.5, 0.6) is 0 Å². The Balaban J connectivity index is 1.43. The second-order valence-electron chi connectivity index (χ2n) is 6.64. The smallest absolute Gasteiger partial charge is 0.364 e. The van der Waals surface area contributed by atoms with E-state index >= 15 is 0 Å². The van der Waals surface area contributed by atoms with Crippen LogP contribution in [0.2, 0.25) is 0 Å². The van der Waals surface area contributed by atoms with Crippen LogP contribution in [0.1, 0.15) is 63.8 Å². The van der Waals surface area contributed by atoms with Crippen LogP contribution < -0.4 is 5.69 Å². The maximum atomic E-state index is 12.2. The molecule has 1 spiro atoms. The first kappa shape index (κ1) is 12.6. The lowest BCUT2D eigenvalue weighted by atomic mass is 9.83. The summed E-state index contributed by atoms with van der Waals surface area (Å²) in [6, 6.07) is 0.297. The lowest BCUT2D eigenvalue weighted by molar-refractivity contribution is -0.0692. The van der Waals surface area contributed by atoms with Crippen molar-refractivity contribution in [2.24, 2.45) is 0 Å². The highest BCUT2D eigenvalue weighted by Crippen LogP contribution is 2.42. The van der Waals surface area contributed by atoms with Gasteiger partial charge in [0.15, 0.2) is 0 Å². The minimum Gasteiger partial charge on any atom is -0.370 e. The maximum Gasteiger partial charge on any atom is 0.364 e. The molecular weight excluding hydrogens is 256 g/mol. The van der Waals surface area contributed by atoms with Gasteiger partial charge in [0, 0.05) is 0 Å². The Morgan fingerprint density at radius 1 is 1.10 bits per heavy atom. The van der Waals surface area contributed by atoms with Crippen LogP contribution in [0.25, 0.3) is 0 Å². The van der Waals surface area contributed by atoms with Crippen LogP contribution in [-0.4, -0.2) is 31.5 Å². The summed E-state index contributed by atoms with van der Waals surface area (Å²) in [6.07, 6.45) is 10.7. The van der Waals surface area contributed by atoms with Crippen molar-refractivity contribution in [3.8, 4) is 0 Å². The van der Waals surface area contributed by atoms with E-state index in [0.717, 1.165) is 25.7 Å². The van der Waals surface area contributed by atoms with Crippen molar-refractivity contribution >= 4 is 0 Å². The summed E-state index contributed by atoms with van der Waals surface area (Å²) in [5, 5.41) is 8.00. The number of aromatic nitrogens is 4. The third-order valence-corrected chi connectivity index (χ3v) is 5.03. The van der Waals surface area contributed by atoms with Gasteiger partial charge in [-0.25, -0.2) is 4.79 Å². The summed E-state index contributed by atoms with van der Waals surface area (Å²) in [6.45, 7) is 0.563. The van der Waals surface area contributed by atoms with Crippen molar-refractivity contribution in [1.29, 1.82) is 0 Å². The van der Waals surface area contributed by atoms with Gasteiger partial charge in [-0.05, 0) is 49.0 Å². The molecule has 1 aliphatic heterocycles. The molecule has 0 bridgehead atoms. The van der Waals surface area contributed by atoms with E-state index in [1.165, 1.54) is 41.5 Å². The molecule has 20 heavy (non-hydrogen) atoms. The SMILES string of the molecule is O=c1n(C[C@H]2CCC3(CCCCC3)O2)nnn1C1CC1. The van der Waals surface area contributed by atoms with Crippen LogP contribution in [0, 0.1) is 0 Å². The van der Waals surface area contributed by atoms with E-state index in [4.69, 9.17) is 4.74 Å². The molecule has 1 aromatic rings. The largest absolute Gasteiger partial charge is 0.370 e. The molecule has 2 saturated carbocycles. The quantitative estimate of drug-likeness (QED) is 0.843. The Hall–Kier alpha value is -1.17. The lowest BCUT2D eigenvalue weighted by Gasteiger charge is -2.33. The summed E-state index contributed by atoms with van der Waals surface area (Å²) < 4.78 is 9.32. The molecule has 2 aliphatic carbocycles. The normalized spacial score (nSPS) is 29.1. The molecule has 3 fully saturated rings. The van der Waals surface area contributed by atoms with E-state index in [2.05, 4.69) is 10.4 Å². The molecule has 4 rings (SSSR count). The molecule has 0 aromatic carbocycles. The molecule has 1 saturated heterocycles. The van der Waals surface area contributed by atoms with Gasteiger partial charge < -0.3 is 4.74 Å². The molecule has 1 atom stereocenters. The predicted octanol–water partition coefficient (Wildman–Crippen LogP) is 1.66. The fraction of sp³-hybridized carbons (Fsp3) is 0.929. The van der Waals surface area contributed by atoms with E-state index in [9.17, 15) is 4.79 Å². The van der Waals surface area contributed by atoms with E-state index in [1.807, 2.05) is 0 Å². The van der Waals surface area contributed by atoms with Crippen LogP contribution >= 0.6 is 0 Å². The van der Waals surface area contributed by atoms with Crippen molar-refractivity contribution in [2.45, 2.75) is 82.1 Å².